The normalized spacial score (nSPS) is 11.2. The van der Waals surface area contributed by atoms with Crippen LogP contribution >= 0.6 is 23.1 Å². The van der Waals surface area contributed by atoms with Gasteiger partial charge in [0.05, 0.1) is 20.7 Å². The van der Waals surface area contributed by atoms with Crippen molar-refractivity contribution >= 4 is 50.0 Å². The van der Waals surface area contributed by atoms with Crippen LogP contribution in [0.2, 0.25) is 0 Å². The minimum absolute atomic E-state index is 0.0172. The van der Waals surface area contributed by atoms with Gasteiger partial charge in [0.1, 0.15) is 0 Å². The summed E-state index contributed by atoms with van der Waals surface area (Å²) in [5, 5.41) is 11.6. The molecule has 0 unspecified atom stereocenters. The predicted molar refractivity (Wildman–Crippen MR) is 119 cm³/mol. The molecule has 0 aliphatic heterocycles. The molecule has 0 fully saturated rings. The highest BCUT2D eigenvalue weighted by Crippen LogP contribution is 2.33. The summed E-state index contributed by atoms with van der Waals surface area (Å²) in [7, 11) is 3.90. The molecule has 29 heavy (non-hydrogen) atoms. The maximum absolute atomic E-state index is 13.5. The van der Waals surface area contributed by atoms with Gasteiger partial charge in [-0.1, -0.05) is 30.4 Å². The summed E-state index contributed by atoms with van der Waals surface area (Å²) in [6.45, 7) is 3.19. The van der Waals surface area contributed by atoms with E-state index >= 15 is 0 Å². The summed E-state index contributed by atoms with van der Waals surface area (Å²) in [5.41, 5.74) is 1.31. The molecule has 1 heterocycles. The Bertz CT molecular complexity index is 1040. The van der Waals surface area contributed by atoms with Gasteiger partial charge in [-0.3, -0.25) is 19.8 Å². The number of nitrogens with zero attached hydrogens (tertiary/aromatic N) is 4. The van der Waals surface area contributed by atoms with Gasteiger partial charge in [0, 0.05) is 30.1 Å². The molecule has 0 saturated heterocycles. The first-order chi connectivity index (χ1) is 13.9. The Morgan fingerprint density at radius 3 is 2.66 bits per heavy atom. The Morgan fingerprint density at radius 1 is 1.21 bits per heavy atom. The number of carbonyl (C=O) groups excluding carboxylic acids is 1. The number of nitro benzene ring substituents is 1. The first kappa shape index (κ1) is 21.2. The van der Waals surface area contributed by atoms with Gasteiger partial charge >= 0.3 is 0 Å². The van der Waals surface area contributed by atoms with Crippen LogP contribution in [0.3, 0.4) is 0 Å². The lowest BCUT2D eigenvalue weighted by atomic mass is 10.2. The highest BCUT2D eigenvalue weighted by Gasteiger charge is 2.24. The van der Waals surface area contributed by atoms with Crippen molar-refractivity contribution in [1.82, 2.24) is 9.88 Å². The van der Waals surface area contributed by atoms with E-state index in [0.717, 1.165) is 10.6 Å². The van der Waals surface area contributed by atoms with Crippen LogP contribution in [0.5, 0.6) is 0 Å². The zero-order valence-corrected chi connectivity index (χ0v) is 18.1. The Morgan fingerprint density at radius 2 is 1.97 bits per heavy atom. The topological polar surface area (TPSA) is 79.6 Å². The Kier molecular flexibility index (Phi) is 6.83. The van der Waals surface area contributed by atoms with Crippen LogP contribution in [0, 0.1) is 10.1 Å². The zero-order chi connectivity index (χ0) is 21.0. The van der Waals surface area contributed by atoms with E-state index in [2.05, 4.69) is 11.9 Å². The summed E-state index contributed by atoms with van der Waals surface area (Å²) < 4.78 is 0.688. The highest BCUT2D eigenvalue weighted by molar-refractivity contribution is 7.99. The second-order valence-corrected chi connectivity index (χ2v) is 8.91. The third-order valence-corrected chi connectivity index (χ3v) is 6.23. The van der Waals surface area contributed by atoms with Crippen molar-refractivity contribution in [1.29, 1.82) is 0 Å². The summed E-state index contributed by atoms with van der Waals surface area (Å²) in [4.78, 5) is 33.3. The smallest absolute Gasteiger partial charge is 0.270 e. The fourth-order valence-electron chi connectivity index (χ4n) is 2.78. The number of aromatic nitrogens is 1. The molecule has 3 aromatic rings. The number of thioether (sulfide) groups is 1. The molecule has 9 heteroatoms. The molecule has 0 bridgehead atoms. The number of nitro groups is 1. The standard InChI is InChI=1S/C20H22N4O3S2/c1-4-28-17-8-6-5-7-15(17)19(25)23(12-11-22(2)3)20-21-16-10-9-14(24(26)27)13-18(16)29-20/h5-10,13H,4,11-12H2,1-3H3. The van der Waals surface area contributed by atoms with Crippen molar-refractivity contribution in [3.05, 3.63) is 58.1 Å². The molecule has 1 aromatic heterocycles. The van der Waals surface area contributed by atoms with Crippen molar-refractivity contribution in [3.63, 3.8) is 0 Å². The number of carbonyl (C=O) groups is 1. The number of benzene rings is 2. The number of hydrogen-bond acceptors (Lipinski definition) is 7. The molecular formula is C20H22N4O3S2. The molecule has 1 amide bonds. The van der Waals surface area contributed by atoms with Crippen molar-refractivity contribution in [2.24, 2.45) is 0 Å². The lowest BCUT2D eigenvalue weighted by Crippen LogP contribution is -2.37. The van der Waals surface area contributed by atoms with Gasteiger partial charge in [-0.05, 0) is 38.0 Å². The molecule has 2 aromatic carbocycles. The molecule has 0 saturated carbocycles. The van der Waals surface area contributed by atoms with Gasteiger partial charge in [-0.15, -0.1) is 11.8 Å². The van der Waals surface area contributed by atoms with E-state index in [1.807, 2.05) is 43.3 Å². The van der Waals surface area contributed by atoms with E-state index < -0.39 is 4.92 Å². The minimum Gasteiger partial charge on any atom is -0.308 e. The molecule has 0 aliphatic rings. The van der Waals surface area contributed by atoms with Crippen molar-refractivity contribution < 1.29 is 9.72 Å². The van der Waals surface area contributed by atoms with E-state index in [0.29, 0.717) is 34.0 Å². The maximum Gasteiger partial charge on any atom is 0.270 e. The average molecular weight is 431 g/mol. The third kappa shape index (κ3) is 4.92. The van der Waals surface area contributed by atoms with E-state index in [-0.39, 0.29) is 11.6 Å². The van der Waals surface area contributed by atoms with Crippen molar-refractivity contribution in [2.45, 2.75) is 11.8 Å². The quantitative estimate of drug-likeness (QED) is 0.297. The SMILES string of the molecule is CCSc1ccccc1C(=O)N(CCN(C)C)c1nc2ccc([N+](=O)[O-])cc2s1. The zero-order valence-electron chi connectivity index (χ0n) is 16.5. The first-order valence-corrected chi connectivity index (χ1v) is 10.9. The monoisotopic (exact) mass is 430 g/mol. The molecule has 0 N–H and O–H groups in total. The first-order valence-electron chi connectivity index (χ1n) is 9.14. The molecule has 0 spiro atoms. The van der Waals surface area contributed by atoms with Crippen LogP contribution in [-0.4, -0.2) is 53.7 Å². The van der Waals surface area contributed by atoms with E-state index in [1.54, 1.807) is 22.7 Å². The van der Waals surface area contributed by atoms with Gasteiger partial charge in [0.15, 0.2) is 5.13 Å². The van der Waals surface area contributed by atoms with Crippen LogP contribution in [0.4, 0.5) is 10.8 Å². The lowest BCUT2D eigenvalue weighted by molar-refractivity contribution is -0.384. The van der Waals surface area contributed by atoms with Gasteiger partial charge in [0.2, 0.25) is 0 Å². The summed E-state index contributed by atoms with van der Waals surface area (Å²) in [5.74, 6) is 0.754. The third-order valence-electron chi connectivity index (χ3n) is 4.24. The summed E-state index contributed by atoms with van der Waals surface area (Å²) in [6.07, 6.45) is 0. The number of amides is 1. The molecule has 0 radical (unpaired) electrons. The fourth-order valence-corrected chi connectivity index (χ4v) is 4.60. The van der Waals surface area contributed by atoms with E-state index in [1.165, 1.54) is 23.5 Å². The van der Waals surface area contributed by atoms with E-state index in [9.17, 15) is 14.9 Å². The van der Waals surface area contributed by atoms with Crippen LogP contribution in [0.1, 0.15) is 17.3 Å². The summed E-state index contributed by atoms with van der Waals surface area (Å²) in [6, 6.07) is 12.1. The molecular weight excluding hydrogens is 408 g/mol. The Labute approximate surface area is 177 Å². The molecule has 0 atom stereocenters. The summed E-state index contributed by atoms with van der Waals surface area (Å²) >= 11 is 2.92. The number of thiazole rings is 1. The predicted octanol–water partition coefficient (Wildman–Crippen LogP) is 4.52. The Balaban J connectivity index is 2.02. The second-order valence-electron chi connectivity index (χ2n) is 6.59. The van der Waals surface area contributed by atoms with Gasteiger partial charge in [-0.2, -0.15) is 0 Å². The Hall–Kier alpha value is -2.49. The molecule has 0 aliphatic carbocycles. The van der Waals surface area contributed by atoms with Crippen LogP contribution in [-0.2, 0) is 0 Å². The highest BCUT2D eigenvalue weighted by atomic mass is 32.2. The van der Waals surface area contributed by atoms with Gasteiger partial charge in [-0.25, -0.2) is 4.98 Å². The minimum atomic E-state index is -0.425. The van der Waals surface area contributed by atoms with Gasteiger partial charge in [0.25, 0.3) is 11.6 Å². The van der Waals surface area contributed by atoms with Crippen molar-refractivity contribution in [3.8, 4) is 0 Å². The van der Waals surface area contributed by atoms with E-state index in [4.69, 9.17) is 0 Å². The number of non-ortho nitro benzene ring substituents is 1. The lowest BCUT2D eigenvalue weighted by Gasteiger charge is -2.23. The average Bonchev–Trinajstić information content (AvgIpc) is 3.11. The maximum atomic E-state index is 13.5. The number of rotatable bonds is 8. The van der Waals surface area contributed by atoms with Crippen LogP contribution in [0.25, 0.3) is 10.2 Å². The van der Waals surface area contributed by atoms with Crippen LogP contribution < -0.4 is 4.90 Å². The van der Waals surface area contributed by atoms with Crippen LogP contribution in [0.15, 0.2) is 47.4 Å². The number of anilines is 1. The largest absolute Gasteiger partial charge is 0.308 e. The molecule has 3 rings (SSSR count). The number of fused-ring (bicyclic) bond motifs is 1. The number of hydrogen-bond donors (Lipinski definition) is 0. The molecule has 7 nitrogen and oxygen atoms in total. The second kappa shape index (κ2) is 9.34. The van der Waals surface area contributed by atoms with Gasteiger partial charge < -0.3 is 4.90 Å². The van der Waals surface area contributed by atoms with Crippen molar-refractivity contribution in [2.75, 3.05) is 37.8 Å². The number of likely N-dealkylation sites (N-methyl/N-ethyl adjacent to an activating group) is 1. The fraction of sp³-hybridized carbons (Fsp3) is 0.300. The molecule has 152 valence electrons.